The van der Waals surface area contributed by atoms with Gasteiger partial charge in [-0.15, -0.1) is 0 Å². The number of nitrogens with one attached hydrogen (secondary N) is 2. The Morgan fingerprint density at radius 1 is 1.14 bits per heavy atom. The molecule has 0 aliphatic carbocycles. The standard InChI is InChI=1S/C17H14F2N2O/c1-10(13-7-6-12(18)9-14(13)19)20-17(22)16-8-11-4-2-3-5-15(11)21-16/h2-10,21H,1H3,(H,20,22). The number of H-pyrrole nitrogens is 1. The second-order valence-electron chi connectivity index (χ2n) is 5.13. The molecule has 112 valence electrons. The molecule has 0 fully saturated rings. The molecule has 0 saturated heterocycles. The van der Waals surface area contributed by atoms with Gasteiger partial charge in [-0.3, -0.25) is 4.79 Å². The number of amides is 1. The van der Waals surface area contributed by atoms with Gasteiger partial charge in [0.25, 0.3) is 5.91 Å². The van der Waals surface area contributed by atoms with Crippen LogP contribution >= 0.6 is 0 Å². The molecular formula is C17H14F2N2O. The highest BCUT2D eigenvalue weighted by Crippen LogP contribution is 2.19. The zero-order chi connectivity index (χ0) is 15.7. The normalized spacial score (nSPS) is 12.3. The van der Waals surface area contributed by atoms with E-state index in [9.17, 15) is 13.6 Å². The number of benzene rings is 2. The average Bonchev–Trinajstić information content (AvgIpc) is 2.91. The van der Waals surface area contributed by atoms with Crippen molar-refractivity contribution in [1.29, 1.82) is 0 Å². The van der Waals surface area contributed by atoms with E-state index in [1.807, 2.05) is 24.3 Å². The van der Waals surface area contributed by atoms with Gasteiger partial charge in [0.1, 0.15) is 17.3 Å². The Morgan fingerprint density at radius 2 is 1.91 bits per heavy atom. The van der Waals surface area contributed by atoms with Gasteiger partial charge in [0, 0.05) is 22.5 Å². The molecule has 0 saturated carbocycles. The first kappa shape index (κ1) is 14.3. The fourth-order valence-electron chi connectivity index (χ4n) is 2.40. The van der Waals surface area contributed by atoms with Crippen LogP contribution in [0.2, 0.25) is 0 Å². The third-order valence-electron chi connectivity index (χ3n) is 3.55. The fourth-order valence-corrected chi connectivity index (χ4v) is 2.40. The van der Waals surface area contributed by atoms with Gasteiger partial charge in [0.2, 0.25) is 0 Å². The molecule has 1 atom stereocenters. The van der Waals surface area contributed by atoms with Crippen LogP contribution in [-0.2, 0) is 0 Å². The molecule has 3 nitrogen and oxygen atoms in total. The average molecular weight is 300 g/mol. The number of fused-ring (bicyclic) bond motifs is 1. The number of aromatic amines is 1. The Kier molecular flexibility index (Phi) is 3.63. The number of halogens is 2. The largest absolute Gasteiger partial charge is 0.351 e. The summed E-state index contributed by atoms with van der Waals surface area (Å²) in [7, 11) is 0. The molecule has 1 amide bonds. The highest BCUT2D eigenvalue weighted by atomic mass is 19.1. The lowest BCUT2D eigenvalue weighted by Gasteiger charge is -2.14. The SMILES string of the molecule is CC(NC(=O)c1cc2ccccc2[nH]1)c1ccc(F)cc1F. The molecule has 1 unspecified atom stereocenters. The van der Waals surface area contributed by atoms with Crippen LogP contribution in [0.4, 0.5) is 8.78 Å². The Labute approximate surface area is 126 Å². The van der Waals surface area contributed by atoms with Gasteiger partial charge in [0.05, 0.1) is 6.04 Å². The molecule has 0 aliphatic rings. The van der Waals surface area contributed by atoms with E-state index in [4.69, 9.17) is 0 Å². The van der Waals surface area contributed by atoms with Crippen molar-refractivity contribution in [3.05, 3.63) is 71.4 Å². The third-order valence-corrected chi connectivity index (χ3v) is 3.55. The van der Waals surface area contributed by atoms with Gasteiger partial charge in [-0.05, 0) is 25.1 Å². The molecule has 22 heavy (non-hydrogen) atoms. The first-order valence-corrected chi connectivity index (χ1v) is 6.88. The molecular weight excluding hydrogens is 286 g/mol. The van der Waals surface area contributed by atoms with Crippen molar-refractivity contribution >= 4 is 16.8 Å². The van der Waals surface area contributed by atoms with Crippen LogP contribution in [0.3, 0.4) is 0 Å². The van der Waals surface area contributed by atoms with E-state index in [0.717, 1.165) is 17.0 Å². The Balaban J connectivity index is 1.81. The van der Waals surface area contributed by atoms with Gasteiger partial charge in [-0.25, -0.2) is 8.78 Å². The smallest absolute Gasteiger partial charge is 0.268 e. The van der Waals surface area contributed by atoms with Gasteiger partial charge >= 0.3 is 0 Å². The van der Waals surface area contributed by atoms with Gasteiger partial charge < -0.3 is 10.3 Å². The predicted molar refractivity (Wildman–Crippen MR) is 80.5 cm³/mol. The van der Waals surface area contributed by atoms with Crippen molar-refractivity contribution < 1.29 is 13.6 Å². The van der Waals surface area contributed by atoms with E-state index in [-0.39, 0.29) is 11.5 Å². The number of hydrogen-bond donors (Lipinski definition) is 2. The summed E-state index contributed by atoms with van der Waals surface area (Å²) in [6, 6.07) is 12.0. The van der Waals surface area contributed by atoms with Crippen LogP contribution in [-0.4, -0.2) is 10.9 Å². The maximum Gasteiger partial charge on any atom is 0.268 e. The molecule has 1 aromatic heterocycles. The van der Waals surface area contributed by atoms with E-state index in [1.54, 1.807) is 13.0 Å². The fraction of sp³-hybridized carbons (Fsp3) is 0.118. The summed E-state index contributed by atoms with van der Waals surface area (Å²) in [6.07, 6.45) is 0. The predicted octanol–water partition coefficient (Wildman–Crippen LogP) is 3.94. The van der Waals surface area contributed by atoms with Crippen molar-refractivity contribution in [2.45, 2.75) is 13.0 Å². The highest BCUT2D eigenvalue weighted by molar-refractivity contribution is 5.98. The Hall–Kier alpha value is -2.69. The van der Waals surface area contributed by atoms with E-state index < -0.39 is 17.7 Å². The minimum Gasteiger partial charge on any atom is -0.351 e. The summed E-state index contributed by atoms with van der Waals surface area (Å²) in [4.78, 5) is 15.2. The lowest BCUT2D eigenvalue weighted by Crippen LogP contribution is -2.27. The number of carbonyl (C=O) groups is 1. The molecule has 1 heterocycles. The molecule has 5 heteroatoms. The number of para-hydroxylation sites is 1. The molecule has 0 radical (unpaired) electrons. The van der Waals surface area contributed by atoms with Crippen LogP contribution in [0.5, 0.6) is 0 Å². The van der Waals surface area contributed by atoms with Gasteiger partial charge in [-0.1, -0.05) is 24.3 Å². The Bertz CT molecular complexity index is 809. The summed E-state index contributed by atoms with van der Waals surface area (Å²) in [5, 5.41) is 3.63. The topological polar surface area (TPSA) is 44.9 Å². The summed E-state index contributed by atoms with van der Waals surface area (Å²) in [5.41, 5.74) is 1.50. The van der Waals surface area contributed by atoms with E-state index in [1.165, 1.54) is 12.1 Å². The van der Waals surface area contributed by atoms with E-state index >= 15 is 0 Å². The third kappa shape index (κ3) is 2.70. The van der Waals surface area contributed by atoms with Crippen LogP contribution < -0.4 is 5.32 Å². The number of rotatable bonds is 3. The number of aromatic nitrogens is 1. The second kappa shape index (κ2) is 5.60. The first-order valence-electron chi connectivity index (χ1n) is 6.88. The van der Waals surface area contributed by atoms with Crippen molar-refractivity contribution in [2.75, 3.05) is 0 Å². The molecule has 2 N–H and O–H groups in total. The summed E-state index contributed by atoms with van der Waals surface area (Å²) < 4.78 is 26.6. The molecule has 0 spiro atoms. The van der Waals surface area contributed by atoms with Crippen molar-refractivity contribution in [2.24, 2.45) is 0 Å². The molecule has 0 aliphatic heterocycles. The molecule has 3 rings (SSSR count). The number of hydrogen-bond acceptors (Lipinski definition) is 1. The van der Waals surface area contributed by atoms with Gasteiger partial charge in [-0.2, -0.15) is 0 Å². The van der Waals surface area contributed by atoms with Crippen molar-refractivity contribution in [3.63, 3.8) is 0 Å². The number of carbonyl (C=O) groups excluding carboxylic acids is 1. The molecule has 2 aromatic carbocycles. The quantitative estimate of drug-likeness (QED) is 0.756. The minimum atomic E-state index is -0.676. The molecule has 3 aromatic rings. The van der Waals surface area contributed by atoms with E-state index in [0.29, 0.717) is 5.69 Å². The second-order valence-corrected chi connectivity index (χ2v) is 5.13. The summed E-state index contributed by atoms with van der Waals surface area (Å²) >= 11 is 0. The zero-order valence-corrected chi connectivity index (χ0v) is 11.9. The first-order chi connectivity index (χ1) is 10.5. The van der Waals surface area contributed by atoms with Crippen molar-refractivity contribution in [3.8, 4) is 0 Å². The summed E-state index contributed by atoms with van der Waals surface area (Å²) in [5.74, 6) is -1.66. The minimum absolute atomic E-state index is 0.242. The van der Waals surface area contributed by atoms with Crippen LogP contribution in [0.15, 0.2) is 48.5 Å². The lowest BCUT2D eigenvalue weighted by molar-refractivity contribution is 0.0935. The molecule has 0 bridgehead atoms. The lowest BCUT2D eigenvalue weighted by atomic mass is 10.1. The highest BCUT2D eigenvalue weighted by Gasteiger charge is 2.16. The van der Waals surface area contributed by atoms with Crippen LogP contribution in [0.25, 0.3) is 10.9 Å². The maximum atomic E-state index is 13.7. The zero-order valence-electron chi connectivity index (χ0n) is 11.9. The Morgan fingerprint density at radius 3 is 2.64 bits per heavy atom. The van der Waals surface area contributed by atoms with Gasteiger partial charge in [0.15, 0.2) is 0 Å². The van der Waals surface area contributed by atoms with E-state index in [2.05, 4.69) is 10.3 Å². The monoisotopic (exact) mass is 300 g/mol. The van der Waals surface area contributed by atoms with Crippen molar-refractivity contribution in [1.82, 2.24) is 10.3 Å². The van der Waals surface area contributed by atoms with Crippen LogP contribution in [0, 0.1) is 11.6 Å². The van der Waals surface area contributed by atoms with Crippen LogP contribution in [0.1, 0.15) is 29.0 Å². The maximum absolute atomic E-state index is 13.7. The summed E-state index contributed by atoms with van der Waals surface area (Å²) in [6.45, 7) is 1.65.